The first-order chi connectivity index (χ1) is 11.9. The number of hydrogen-bond acceptors (Lipinski definition) is 5. The predicted molar refractivity (Wildman–Crippen MR) is 93.8 cm³/mol. The summed E-state index contributed by atoms with van der Waals surface area (Å²) >= 11 is 0. The maximum absolute atomic E-state index is 12.6. The van der Waals surface area contributed by atoms with Gasteiger partial charge in [-0.1, -0.05) is 13.0 Å². The molecule has 1 fully saturated rings. The van der Waals surface area contributed by atoms with E-state index >= 15 is 0 Å². The SMILES string of the molecule is CCN(CC(=O)O)C1CC(NS(=O)(=O)c2ccc3ncccc3c2)C1. The molecule has 0 spiro atoms. The summed E-state index contributed by atoms with van der Waals surface area (Å²) in [7, 11) is -3.60. The topological polar surface area (TPSA) is 99.6 Å². The van der Waals surface area contributed by atoms with Crippen LogP contribution in [0, 0.1) is 0 Å². The van der Waals surface area contributed by atoms with Crippen LogP contribution in [0.2, 0.25) is 0 Å². The minimum absolute atomic E-state index is 0.0156. The molecule has 0 amide bonds. The molecule has 1 aromatic carbocycles. The zero-order valence-corrected chi connectivity index (χ0v) is 14.7. The Morgan fingerprint density at radius 3 is 2.80 bits per heavy atom. The van der Waals surface area contributed by atoms with Crippen LogP contribution in [-0.4, -0.2) is 54.6 Å². The Bertz CT molecular complexity index is 878. The lowest BCUT2D eigenvalue weighted by molar-refractivity contribution is -0.139. The fraction of sp³-hybridized carbons (Fsp3) is 0.412. The van der Waals surface area contributed by atoms with E-state index in [0.717, 1.165) is 10.9 Å². The lowest BCUT2D eigenvalue weighted by Gasteiger charge is -2.42. The summed E-state index contributed by atoms with van der Waals surface area (Å²) in [6, 6.07) is 8.40. The van der Waals surface area contributed by atoms with Crippen molar-refractivity contribution in [3.05, 3.63) is 36.5 Å². The summed E-state index contributed by atoms with van der Waals surface area (Å²) in [5, 5.41) is 9.69. The van der Waals surface area contributed by atoms with E-state index in [1.54, 1.807) is 30.5 Å². The molecule has 0 saturated heterocycles. The molecule has 8 heteroatoms. The second kappa shape index (κ2) is 7.07. The highest BCUT2D eigenvalue weighted by Gasteiger charge is 2.36. The van der Waals surface area contributed by atoms with Gasteiger partial charge in [-0.15, -0.1) is 0 Å². The number of aliphatic carboxylic acids is 1. The zero-order valence-electron chi connectivity index (χ0n) is 13.9. The number of sulfonamides is 1. The van der Waals surface area contributed by atoms with Gasteiger partial charge in [-0.3, -0.25) is 14.7 Å². The van der Waals surface area contributed by atoms with Crippen molar-refractivity contribution in [2.75, 3.05) is 13.1 Å². The second-order valence-electron chi connectivity index (χ2n) is 6.26. The first-order valence-electron chi connectivity index (χ1n) is 8.22. The van der Waals surface area contributed by atoms with E-state index in [-0.39, 0.29) is 23.5 Å². The van der Waals surface area contributed by atoms with Crippen molar-refractivity contribution in [2.45, 2.75) is 36.7 Å². The Labute approximate surface area is 146 Å². The van der Waals surface area contributed by atoms with Crippen molar-refractivity contribution in [1.82, 2.24) is 14.6 Å². The molecule has 7 nitrogen and oxygen atoms in total. The molecule has 0 bridgehead atoms. The van der Waals surface area contributed by atoms with E-state index in [1.165, 1.54) is 0 Å². The second-order valence-corrected chi connectivity index (χ2v) is 7.97. The molecule has 0 atom stereocenters. The van der Waals surface area contributed by atoms with Gasteiger partial charge in [0.2, 0.25) is 10.0 Å². The molecule has 2 N–H and O–H groups in total. The van der Waals surface area contributed by atoms with Gasteiger partial charge in [-0.2, -0.15) is 0 Å². The van der Waals surface area contributed by atoms with Crippen LogP contribution in [0.1, 0.15) is 19.8 Å². The molecule has 134 valence electrons. The number of benzene rings is 1. The molecular formula is C17H21N3O4S. The van der Waals surface area contributed by atoms with Crippen LogP contribution in [0.15, 0.2) is 41.4 Å². The van der Waals surface area contributed by atoms with Crippen molar-refractivity contribution in [3.63, 3.8) is 0 Å². The van der Waals surface area contributed by atoms with Gasteiger partial charge in [-0.25, -0.2) is 13.1 Å². The largest absolute Gasteiger partial charge is 0.480 e. The Morgan fingerprint density at radius 1 is 1.36 bits per heavy atom. The normalized spacial score (nSPS) is 20.6. The minimum atomic E-state index is -3.60. The lowest BCUT2D eigenvalue weighted by atomic mass is 9.86. The first-order valence-corrected chi connectivity index (χ1v) is 9.70. The van der Waals surface area contributed by atoms with Crippen molar-refractivity contribution >= 4 is 26.9 Å². The maximum Gasteiger partial charge on any atom is 0.317 e. The summed E-state index contributed by atoms with van der Waals surface area (Å²) in [5.74, 6) is -0.865. The highest BCUT2D eigenvalue weighted by atomic mass is 32.2. The van der Waals surface area contributed by atoms with Gasteiger partial charge in [-0.05, 0) is 43.7 Å². The molecule has 1 aliphatic carbocycles. The van der Waals surface area contributed by atoms with E-state index in [1.807, 2.05) is 17.9 Å². The average Bonchev–Trinajstić information content (AvgIpc) is 2.55. The quantitative estimate of drug-likeness (QED) is 0.772. The van der Waals surface area contributed by atoms with Gasteiger partial charge in [0.15, 0.2) is 0 Å². The lowest BCUT2D eigenvalue weighted by Crippen LogP contribution is -2.54. The fourth-order valence-electron chi connectivity index (χ4n) is 3.16. The van der Waals surface area contributed by atoms with Crippen LogP contribution in [0.3, 0.4) is 0 Å². The van der Waals surface area contributed by atoms with Gasteiger partial charge in [0.1, 0.15) is 0 Å². The van der Waals surface area contributed by atoms with Gasteiger partial charge >= 0.3 is 5.97 Å². The van der Waals surface area contributed by atoms with Crippen LogP contribution in [-0.2, 0) is 14.8 Å². The third-order valence-electron chi connectivity index (χ3n) is 4.58. The van der Waals surface area contributed by atoms with Gasteiger partial charge in [0.05, 0.1) is 17.0 Å². The highest BCUT2D eigenvalue weighted by molar-refractivity contribution is 7.89. The van der Waals surface area contributed by atoms with Crippen LogP contribution in [0.5, 0.6) is 0 Å². The summed E-state index contributed by atoms with van der Waals surface area (Å²) in [4.78, 5) is 17.1. The zero-order chi connectivity index (χ0) is 18.0. The molecule has 1 heterocycles. The molecule has 0 radical (unpaired) electrons. The molecule has 1 saturated carbocycles. The van der Waals surface area contributed by atoms with Gasteiger partial charge in [0, 0.05) is 23.7 Å². The Hall–Kier alpha value is -2.03. The average molecular weight is 363 g/mol. The number of carboxylic acids is 1. The maximum atomic E-state index is 12.6. The fourth-order valence-corrected chi connectivity index (χ4v) is 4.46. The summed E-state index contributed by atoms with van der Waals surface area (Å²) < 4.78 is 27.8. The summed E-state index contributed by atoms with van der Waals surface area (Å²) in [5.41, 5.74) is 0.748. The number of aromatic nitrogens is 1. The van der Waals surface area contributed by atoms with Gasteiger partial charge < -0.3 is 5.11 Å². The first kappa shape index (κ1) is 17.8. The van der Waals surface area contributed by atoms with Crippen molar-refractivity contribution in [2.24, 2.45) is 0 Å². The molecule has 1 aliphatic rings. The van der Waals surface area contributed by atoms with Crippen LogP contribution in [0.25, 0.3) is 10.9 Å². The number of carbonyl (C=O) groups is 1. The number of rotatable bonds is 7. The molecule has 3 rings (SSSR count). The third-order valence-corrected chi connectivity index (χ3v) is 6.10. The highest BCUT2D eigenvalue weighted by Crippen LogP contribution is 2.27. The van der Waals surface area contributed by atoms with Gasteiger partial charge in [0.25, 0.3) is 0 Å². The number of fused-ring (bicyclic) bond motifs is 1. The van der Waals surface area contributed by atoms with Crippen molar-refractivity contribution < 1.29 is 18.3 Å². The summed E-state index contributed by atoms with van der Waals surface area (Å²) in [6.45, 7) is 2.52. The number of nitrogens with zero attached hydrogens (tertiary/aromatic N) is 2. The van der Waals surface area contributed by atoms with Crippen LogP contribution >= 0.6 is 0 Å². The van der Waals surface area contributed by atoms with Crippen LogP contribution < -0.4 is 4.72 Å². The van der Waals surface area contributed by atoms with E-state index in [4.69, 9.17) is 5.11 Å². The number of nitrogens with one attached hydrogen (secondary N) is 1. The van der Waals surface area contributed by atoms with Crippen LogP contribution in [0.4, 0.5) is 0 Å². The standard InChI is InChI=1S/C17H21N3O4S/c1-2-20(11-17(21)22)14-9-13(10-14)19-25(23,24)15-5-6-16-12(8-15)4-3-7-18-16/h3-8,13-14,19H,2,9-11H2,1H3,(H,21,22). The minimum Gasteiger partial charge on any atom is -0.480 e. The molecule has 1 aromatic heterocycles. The van der Waals surface area contributed by atoms with E-state index in [2.05, 4.69) is 9.71 Å². The Balaban J connectivity index is 1.65. The number of likely N-dealkylation sites (N-methyl/N-ethyl adjacent to an activating group) is 1. The molecule has 0 aliphatic heterocycles. The molecule has 2 aromatic rings. The molecule has 0 unspecified atom stereocenters. The number of hydrogen-bond donors (Lipinski definition) is 2. The number of carboxylic acid groups (broad SMARTS) is 1. The van der Waals surface area contributed by atoms with E-state index in [0.29, 0.717) is 19.4 Å². The number of pyridine rings is 1. The van der Waals surface area contributed by atoms with Crippen molar-refractivity contribution in [1.29, 1.82) is 0 Å². The molecule has 25 heavy (non-hydrogen) atoms. The monoisotopic (exact) mass is 363 g/mol. The molecular weight excluding hydrogens is 342 g/mol. The Kier molecular flexibility index (Phi) is 5.03. The van der Waals surface area contributed by atoms with E-state index < -0.39 is 16.0 Å². The third kappa shape index (κ3) is 3.97. The Morgan fingerprint density at radius 2 is 2.12 bits per heavy atom. The summed E-state index contributed by atoms with van der Waals surface area (Å²) in [6.07, 6.45) is 2.91. The smallest absolute Gasteiger partial charge is 0.317 e. The van der Waals surface area contributed by atoms with Crippen molar-refractivity contribution in [3.8, 4) is 0 Å². The predicted octanol–water partition coefficient (Wildman–Crippen LogP) is 1.45. The van der Waals surface area contributed by atoms with E-state index in [9.17, 15) is 13.2 Å².